The number of carbonyl (C=O) groups excluding carboxylic acids is 5. The Hall–Kier alpha value is -3.43. The summed E-state index contributed by atoms with van der Waals surface area (Å²) in [5.41, 5.74) is 0.162. The van der Waals surface area contributed by atoms with E-state index in [1.807, 2.05) is 13.8 Å². The van der Waals surface area contributed by atoms with E-state index in [0.29, 0.717) is 18.8 Å². The number of ether oxygens (including phenoxy) is 3. The van der Waals surface area contributed by atoms with Gasteiger partial charge in [-0.05, 0) is 30.5 Å². The molecule has 0 aromatic heterocycles. The number of methoxy groups -OCH3 is 2. The summed E-state index contributed by atoms with van der Waals surface area (Å²) in [5.74, 6) is -2.82. The molecule has 0 aliphatic rings. The van der Waals surface area contributed by atoms with Crippen LogP contribution in [0, 0.1) is 5.92 Å². The van der Waals surface area contributed by atoms with Crippen molar-refractivity contribution in [1.82, 2.24) is 5.32 Å². The normalized spacial score (nSPS) is 10.2. The SMILES string of the molecule is COC(=O)c1cc(NC(=O)COC(=O)CNC(=O)CCC(C)C)cc(C(=O)OC)c1. The molecule has 0 spiro atoms. The maximum absolute atomic E-state index is 12.0. The van der Waals surface area contributed by atoms with Crippen molar-refractivity contribution >= 4 is 35.4 Å². The van der Waals surface area contributed by atoms with Crippen molar-refractivity contribution in [2.24, 2.45) is 5.92 Å². The van der Waals surface area contributed by atoms with E-state index in [-0.39, 0.29) is 29.3 Å². The Morgan fingerprint density at radius 3 is 1.97 bits per heavy atom. The molecule has 0 fully saturated rings. The largest absolute Gasteiger partial charge is 0.465 e. The van der Waals surface area contributed by atoms with Crippen LogP contribution in [0.3, 0.4) is 0 Å². The van der Waals surface area contributed by atoms with Crippen LogP contribution in [-0.2, 0) is 28.6 Å². The number of hydrogen-bond acceptors (Lipinski definition) is 8. The maximum Gasteiger partial charge on any atom is 0.337 e. The molecule has 1 rings (SSSR count). The van der Waals surface area contributed by atoms with Gasteiger partial charge >= 0.3 is 17.9 Å². The highest BCUT2D eigenvalue weighted by Gasteiger charge is 2.16. The second-order valence-electron chi connectivity index (χ2n) is 6.70. The van der Waals surface area contributed by atoms with Crippen molar-refractivity contribution in [3.63, 3.8) is 0 Å². The van der Waals surface area contributed by atoms with Gasteiger partial charge in [0.2, 0.25) is 5.91 Å². The lowest BCUT2D eigenvalue weighted by Crippen LogP contribution is -2.32. The van der Waals surface area contributed by atoms with Crippen LogP contribution < -0.4 is 10.6 Å². The van der Waals surface area contributed by atoms with Crippen molar-refractivity contribution in [1.29, 1.82) is 0 Å². The van der Waals surface area contributed by atoms with Gasteiger partial charge in [-0.3, -0.25) is 14.4 Å². The van der Waals surface area contributed by atoms with Gasteiger partial charge in [0.05, 0.1) is 25.3 Å². The molecule has 1 aromatic rings. The first-order valence-corrected chi connectivity index (χ1v) is 9.20. The van der Waals surface area contributed by atoms with Gasteiger partial charge in [0, 0.05) is 12.1 Å². The van der Waals surface area contributed by atoms with Crippen molar-refractivity contribution < 1.29 is 38.2 Å². The average Bonchev–Trinajstić information content (AvgIpc) is 2.73. The highest BCUT2D eigenvalue weighted by molar-refractivity contribution is 6.00. The molecular formula is C20H26N2O8. The van der Waals surface area contributed by atoms with Crippen LogP contribution in [-0.4, -0.2) is 57.1 Å². The third-order valence-electron chi connectivity index (χ3n) is 3.80. The van der Waals surface area contributed by atoms with Gasteiger partial charge in [-0.2, -0.15) is 0 Å². The first-order chi connectivity index (χ1) is 14.2. The van der Waals surface area contributed by atoms with Gasteiger partial charge < -0.3 is 24.8 Å². The van der Waals surface area contributed by atoms with E-state index in [9.17, 15) is 24.0 Å². The van der Waals surface area contributed by atoms with Crippen molar-refractivity contribution in [2.45, 2.75) is 26.7 Å². The van der Waals surface area contributed by atoms with E-state index in [2.05, 4.69) is 20.1 Å². The fourth-order valence-corrected chi connectivity index (χ4v) is 2.24. The minimum atomic E-state index is -0.776. The average molecular weight is 422 g/mol. The molecule has 0 unspecified atom stereocenters. The van der Waals surface area contributed by atoms with E-state index in [1.54, 1.807) is 0 Å². The highest BCUT2D eigenvalue weighted by atomic mass is 16.5. The molecular weight excluding hydrogens is 396 g/mol. The maximum atomic E-state index is 12.0. The van der Waals surface area contributed by atoms with Crippen LogP contribution in [0.1, 0.15) is 47.4 Å². The number of rotatable bonds is 10. The summed E-state index contributed by atoms with van der Waals surface area (Å²) in [6, 6.07) is 3.86. The topological polar surface area (TPSA) is 137 Å². The number of amides is 2. The Labute approximate surface area is 174 Å². The monoisotopic (exact) mass is 422 g/mol. The molecule has 1 aromatic carbocycles. The van der Waals surface area contributed by atoms with Crippen LogP contribution in [0.25, 0.3) is 0 Å². The Bertz CT molecular complexity index is 770. The van der Waals surface area contributed by atoms with Gasteiger partial charge in [0.1, 0.15) is 6.54 Å². The zero-order chi connectivity index (χ0) is 22.7. The van der Waals surface area contributed by atoms with Gasteiger partial charge in [-0.25, -0.2) is 9.59 Å². The van der Waals surface area contributed by atoms with Gasteiger partial charge in [-0.15, -0.1) is 0 Å². The molecule has 0 aliphatic carbocycles. The number of nitrogens with one attached hydrogen (secondary N) is 2. The van der Waals surface area contributed by atoms with E-state index >= 15 is 0 Å². The molecule has 2 amide bonds. The fraction of sp³-hybridized carbons (Fsp3) is 0.450. The van der Waals surface area contributed by atoms with Crippen molar-refractivity contribution in [2.75, 3.05) is 32.7 Å². The molecule has 10 nitrogen and oxygen atoms in total. The molecule has 0 atom stereocenters. The zero-order valence-electron chi connectivity index (χ0n) is 17.4. The first-order valence-electron chi connectivity index (χ1n) is 9.20. The lowest BCUT2D eigenvalue weighted by Gasteiger charge is -2.10. The molecule has 0 radical (unpaired) electrons. The molecule has 0 saturated carbocycles. The van der Waals surface area contributed by atoms with E-state index < -0.39 is 30.4 Å². The lowest BCUT2D eigenvalue weighted by molar-refractivity contribution is -0.147. The van der Waals surface area contributed by atoms with E-state index in [0.717, 1.165) is 0 Å². The van der Waals surface area contributed by atoms with Crippen molar-refractivity contribution in [3.05, 3.63) is 29.3 Å². The lowest BCUT2D eigenvalue weighted by atomic mass is 10.1. The molecule has 0 bridgehead atoms. The smallest absolute Gasteiger partial charge is 0.337 e. The minimum absolute atomic E-state index is 0.0248. The Morgan fingerprint density at radius 2 is 1.47 bits per heavy atom. The molecule has 164 valence electrons. The molecule has 0 heterocycles. The molecule has 0 saturated heterocycles. The summed E-state index contributed by atoms with van der Waals surface area (Å²) in [4.78, 5) is 58.8. The van der Waals surface area contributed by atoms with Crippen LogP contribution in [0.15, 0.2) is 18.2 Å². The molecule has 10 heteroatoms. The van der Waals surface area contributed by atoms with E-state index in [1.165, 1.54) is 32.4 Å². The molecule has 2 N–H and O–H groups in total. The molecule has 30 heavy (non-hydrogen) atoms. The van der Waals surface area contributed by atoms with Gasteiger partial charge in [0.25, 0.3) is 5.91 Å². The zero-order valence-corrected chi connectivity index (χ0v) is 17.4. The summed E-state index contributed by atoms with van der Waals surface area (Å²) in [6.45, 7) is 3.00. The third kappa shape index (κ3) is 8.72. The summed E-state index contributed by atoms with van der Waals surface area (Å²) < 4.78 is 14.0. The highest BCUT2D eigenvalue weighted by Crippen LogP contribution is 2.17. The standard InChI is InChI=1S/C20H26N2O8/c1-12(2)5-6-16(23)21-10-18(25)30-11-17(24)22-15-8-13(19(26)28-3)7-14(9-15)20(27)29-4/h7-9,12H,5-6,10-11H2,1-4H3,(H,21,23)(H,22,24). The van der Waals surface area contributed by atoms with E-state index in [4.69, 9.17) is 4.74 Å². The van der Waals surface area contributed by atoms with Gasteiger partial charge in [-0.1, -0.05) is 13.8 Å². The van der Waals surface area contributed by atoms with Crippen LogP contribution in [0.5, 0.6) is 0 Å². The van der Waals surface area contributed by atoms with Crippen LogP contribution >= 0.6 is 0 Å². The Morgan fingerprint density at radius 1 is 0.900 bits per heavy atom. The number of carbonyl (C=O) groups is 5. The number of benzene rings is 1. The van der Waals surface area contributed by atoms with Crippen LogP contribution in [0.2, 0.25) is 0 Å². The number of esters is 3. The van der Waals surface area contributed by atoms with Gasteiger partial charge in [0.15, 0.2) is 6.61 Å². The number of anilines is 1. The second kappa shape index (κ2) is 12.2. The predicted octanol–water partition coefficient (Wildman–Crippen LogP) is 1.29. The van der Waals surface area contributed by atoms with Crippen molar-refractivity contribution in [3.8, 4) is 0 Å². The summed E-state index contributed by atoms with van der Waals surface area (Å²) in [5, 5.41) is 4.83. The summed E-state index contributed by atoms with van der Waals surface area (Å²) >= 11 is 0. The Kier molecular flexibility index (Phi) is 10.0. The third-order valence-corrected chi connectivity index (χ3v) is 3.80. The first kappa shape index (κ1) is 24.6. The summed E-state index contributed by atoms with van der Waals surface area (Å²) in [6.07, 6.45) is 0.992. The minimum Gasteiger partial charge on any atom is -0.465 e. The number of hydrogen-bond donors (Lipinski definition) is 2. The van der Waals surface area contributed by atoms with Crippen LogP contribution in [0.4, 0.5) is 5.69 Å². The summed E-state index contributed by atoms with van der Waals surface area (Å²) in [7, 11) is 2.35. The quantitative estimate of drug-likeness (QED) is 0.425. The predicted molar refractivity (Wildman–Crippen MR) is 106 cm³/mol. The fourth-order valence-electron chi connectivity index (χ4n) is 2.24. The molecule has 0 aliphatic heterocycles. The second-order valence-corrected chi connectivity index (χ2v) is 6.70. The Balaban J connectivity index is 2.61.